The fourth-order valence-corrected chi connectivity index (χ4v) is 6.63. The van der Waals surface area contributed by atoms with Gasteiger partial charge in [0.25, 0.3) is 0 Å². The monoisotopic (exact) mass is 622 g/mol. The van der Waals surface area contributed by atoms with Gasteiger partial charge >= 0.3 is 0 Å². The predicted molar refractivity (Wildman–Crippen MR) is 153 cm³/mol. The number of nitrogens with one attached hydrogen (secondary N) is 1. The molecule has 0 fully saturated rings. The van der Waals surface area contributed by atoms with Crippen LogP contribution < -0.4 is 16.0 Å². The lowest BCUT2D eigenvalue weighted by atomic mass is 9.69. The van der Waals surface area contributed by atoms with Crippen LogP contribution in [0.25, 0.3) is 0 Å². The van der Waals surface area contributed by atoms with Crippen LogP contribution in [0.4, 0.5) is 10.9 Å². The van der Waals surface area contributed by atoms with Gasteiger partial charge in [0.2, 0.25) is 11.0 Å². The molecule has 0 spiro atoms. The fourth-order valence-electron chi connectivity index (χ4n) is 4.71. The van der Waals surface area contributed by atoms with Crippen LogP contribution in [0, 0.1) is 16.7 Å². The zero-order chi connectivity index (χ0) is 27.7. The van der Waals surface area contributed by atoms with Gasteiger partial charge in [-0.1, -0.05) is 43.0 Å². The van der Waals surface area contributed by atoms with E-state index in [2.05, 4.69) is 47.5 Å². The zero-order valence-electron chi connectivity index (χ0n) is 21.0. The number of thioether (sulfide) groups is 1. The lowest BCUT2D eigenvalue weighted by Gasteiger charge is -2.42. The first-order chi connectivity index (χ1) is 18.7. The van der Waals surface area contributed by atoms with E-state index in [0.29, 0.717) is 39.4 Å². The van der Waals surface area contributed by atoms with E-state index in [0.717, 1.165) is 10.0 Å². The number of allylic oxidation sites excluding steroid dienone is 3. The first-order valence-corrected chi connectivity index (χ1v) is 14.5. The summed E-state index contributed by atoms with van der Waals surface area (Å²) in [6, 6.07) is 9.36. The number of hydrogen-bond donors (Lipinski definition) is 2. The highest BCUT2D eigenvalue weighted by Gasteiger charge is 2.45. The maximum atomic E-state index is 13.6. The lowest BCUT2D eigenvalue weighted by Crippen LogP contribution is -2.42. The first-order valence-electron chi connectivity index (χ1n) is 11.9. The van der Waals surface area contributed by atoms with Crippen molar-refractivity contribution in [2.75, 3.05) is 16.0 Å². The minimum atomic E-state index is -0.601. The molecule has 1 amide bonds. The van der Waals surface area contributed by atoms with Gasteiger partial charge in [-0.25, -0.2) is 4.98 Å². The second-order valence-corrected chi connectivity index (χ2v) is 12.9. The highest BCUT2D eigenvalue weighted by molar-refractivity contribution is 9.10. The Labute approximate surface area is 241 Å². The van der Waals surface area contributed by atoms with E-state index >= 15 is 0 Å². The Hall–Kier alpha value is -3.60. The number of pyridine rings is 2. The van der Waals surface area contributed by atoms with E-state index in [9.17, 15) is 14.9 Å². The van der Waals surface area contributed by atoms with Gasteiger partial charge < -0.3 is 11.1 Å². The predicted octanol–water partition coefficient (Wildman–Crippen LogP) is 4.76. The molecule has 3 aromatic rings. The van der Waals surface area contributed by atoms with Crippen LogP contribution in [0.2, 0.25) is 0 Å². The van der Waals surface area contributed by atoms with E-state index in [4.69, 9.17) is 5.73 Å². The van der Waals surface area contributed by atoms with Gasteiger partial charge in [-0.2, -0.15) is 5.26 Å². The highest BCUT2D eigenvalue weighted by Crippen LogP contribution is 2.50. The van der Waals surface area contributed by atoms with Crippen LogP contribution in [0.5, 0.6) is 0 Å². The number of hydrogen-bond acceptors (Lipinski definition) is 11. The lowest BCUT2D eigenvalue weighted by molar-refractivity contribution is -0.118. The standard InChI is InChI=1S/C26H23BrN8O2S2/c1-26(2)8-17-22(18(36)9-26)21(14-4-3-7-30-11-14)16(10-28)23(29)35(17)24-33-34-25(39-24)38-13-20(37)32-19-6-5-15(27)12-31-19/h3-7,11-12,21H,8-9,13,29H2,1-2H3,(H,31,32,37). The molecule has 39 heavy (non-hydrogen) atoms. The Balaban J connectivity index is 1.45. The summed E-state index contributed by atoms with van der Waals surface area (Å²) >= 11 is 5.78. The number of rotatable bonds is 6. The van der Waals surface area contributed by atoms with Crippen molar-refractivity contribution in [1.29, 1.82) is 5.26 Å². The number of Topliss-reactive ketones (excluding diaryl/α,β-unsaturated/α-hetero) is 1. The normalized spacial score (nSPS) is 18.6. The molecule has 198 valence electrons. The zero-order valence-corrected chi connectivity index (χ0v) is 24.2. The number of nitrogens with two attached hydrogens (primary N) is 1. The number of nitrogens with zero attached hydrogens (tertiary/aromatic N) is 6. The fraction of sp³-hybridized carbons (Fsp3) is 0.269. The largest absolute Gasteiger partial charge is 0.384 e. The molecule has 3 N–H and O–H groups in total. The van der Waals surface area contributed by atoms with E-state index in [1.54, 1.807) is 41.7 Å². The van der Waals surface area contributed by atoms with Crippen molar-refractivity contribution in [2.45, 2.75) is 36.9 Å². The topological polar surface area (TPSA) is 151 Å². The minimum Gasteiger partial charge on any atom is -0.384 e. The van der Waals surface area contributed by atoms with Crippen LogP contribution in [0.15, 0.2) is 74.3 Å². The molecule has 0 saturated carbocycles. The Morgan fingerprint density at radius 2 is 2.13 bits per heavy atom. The van der Waals surface area contributed by atoms with Crippen molar-refractivity contribution in [3.05, 3.63) is 75.6 Å². The number of amides is 1. The SMILES string of the molecule is CC1(C)CC(=O)C2=C(C1)N(c1nnc(SCC(=O)Nc3ccc(Br)cn3)s1)C(N)=C(C#N)C2c1cccnc1. The summed E-state index contributed by atoms with van der Waals surface area (Å²) in [7, 11) is 0. The number of ketones is 1. The first kappa shape index (κ1) is 27.0. The average molecular weight is 624 g/mol. The third-order valence-electron chi connectivity index (χ3n) is 6.31. The second kappa shape index (κ2) is 10.9. The molecule has 3 aromatic heterocycles. The van der Waals surface area contributed by atoms with Gasteiger partial charge in [-0.05, 0) is 51.5 Å². The van der Waals surface area contributed by atoms with Crippen molar-refractivity contribution in [3.63, 3.8) is 0 Å². The Morgan fingerprint density at radius 1 is 1.31 bits per heavy atom. The van der Waals surface area contributed by atoms with Crippen molar-refractivity contribution in [2.24, 2.45) is 11.1 Å². The summed E-state index contributed by atoms with van der Waals surface area (Å²) in [5, 5.41) is 21.9. The third-order valence-corrected chi connectivity index (χ3v) is 8.82. The summed E-state index contributed by atoms with van der Waals surface area (Å²) in [5.41, 5.74) is 8.59. The van der Waals surface area contributed by atoms with Gasteiger partial charge in [0, 0.05) is 40.8 Å². The van der Waals surface area contributed by atoms with Gasteiger partial charge in [0.1, 0.15) is 11.6 Å². The van der Waals surface area contributed by atoms with Crippen LogP contribution in [-0.4, -0.2) is 37.6 Å². The third kappa shape index (κ3) is 5.59. The summed E-state index contributed by atoms with van der Waals surface area (Å²) in [4.78, 5) is 36.0. The molecule has 13 heteroatoms. The number of halogens is 1. The van der Waals surface area contributed by atoms with Gasteiger partial charge in [-0.3, -0.25) is 19.5 Å². The molecule has 1 unspecified atom stereocenters. The molecule has 5 rings (SSSR count). The Kier molecular flexibility index (Phi) is 7.53. The quantitative estimate of drug-likeness (QED) is 0.368. The van der Waals surface area contributed by atoms with Crippen molar-refractivity contribution >= 4 is 61.7 Å². The molecule has 0 aromatic carbocycles. The van der Waals surface area contributed by atoms with E-state index in [1.165, 1.54) is 23.1 Å². The molecular formula is C26H23BrN8O2S2. The van der Waals surface area contributed by atoms with Gasteiger partial charge in [0.05, 0.1) is 23.3 Å². The maximum absolute atomic E-state index is 13.6. The summed E-state index contributed by atoms with van der Waals surface area (Å²) in [6.07, 6.45) is 5.83. The van der Waals surface area contributed by atoms with E-state index in [-0.39, 0.29) is 34.3 Å². The van der Waals surface area contributed by atoms with Crippen LogP contribution in [0.3, 0.4) is 0 Å². The van der Waals surface area contributed by atoms with Crippen molar-refractivity contribution in [3.8, 4) is 6.07 Å². The number of carbonyl (C=O) groups excluding carboxylic acids is 2. The molecule has 10 nitrogen and oxygen atoms in total. The molecule has 1 aliphatic carbocycles. The number of carbonyl (C=O) groups is 2. The minimum absolute atomic E-state index is 0.0299. The highest BCUT2D eigenvalue weighted by atomic mass is 79.9. The van der Waals surface area contributed by atoms with Crippen molar-refractivity contribution in [1.82, 2.24) is 20.2 Å². The van der Waals surface area contributed by atoms with Crippen LogP contribution in [0.1, 0.15) is 38.2 Å². The maximum Gasteiger partial charge on any atom is 0.235 e. The van der Waals surface area contributed by atoms with Gasteiger partial charge in [-0.15, -0.1) is 10.2 Å². The molecule has 0 saturated heterocycles. The second-order valence-electron chi connectivity index (χ2n) is 9.82. The van der Waals surface area contributed by atoms with E-state index in [1.807, 2.05) is 19.9 Å². The number of nitriles is 1. The number of anilines is 2. The average Bonchev–Trinajstić information content (AvgIpc) is 3.36. The van der Waals surface area contributed by atoms with Crippen molar-refractivity contribution < 1.29 is 9.59 Å². The summed E-state index contributed by atoms with van der Waals surface area (Å²) in [6.45, 7) is 4.07. The molecule has 0 bridgehead atoms. The molecule has 0 radical (unpaired) electrons. The van der Waals surface area contributed by atoms with E-state index < -0.39 is 5.92 Å². The Bertz CT molecular complexity index is 1540. The number of aromatic nitrogens is 4. The van der Waals surface area contributed by atoms with Crippen LogP contribution >= 0.6 is 39.0 Å². The summed E-state index contributed by atoms with van der Waals surface area (Å²) in [5.74, 6) is -0.107. The molecular weight excluding hydrogens is 600 g/mol. The van der Waals surface area contributed by atoms with Gasteiger partial charge in [0.15, 0.2) is 10.1 Å². The summed E-state index contributed by atoms with van der Waals surface area (Å²) < 4.78 is 1.36. The van der Waals surface area contributed by atoms with Crippen LogP contribution in [-0.2, 0) is 9.59 Å². The smallest absolute Gasteiger partial charge is 0.235 e. The molecule has 1 aliphatic heterocycles. The Morgan fingerprint density at radius 3 is 2.82 bits per heavy atom. The molecule has 4 heterocycles. The molecule has 2 aliphatic rings. The molecule has 1 atom stereocenters.